The van der Waals surface area contributed by atoms with Crippen LogP contribution in [-0.4, -0.2) is 52.2 Å². The second-order valence-electron chi connectivity index (χ2n) is 10.2. The number of amides is 2. The number of rotatable bonds is 7. The Morgan fingerprint density at radius 2 is 1.59 bits per heavy atom. The van der Waals surface area contributed by atoms with E-state index in [1.54, 1.807) is 4.90 Å². The smallest absolute Gasteiger partial charge is 0.408 e. The van der Waals surface area contributed by atoms with Crippen molar-refractivity contribution < 1.29 is 24.2 Å². The van der Waals surface area contributed by atoms with Crippen LogP contribution in [-0.2, 0) is 14.3 Å². The molecule has 2 aliphatic carbocycles. The molecular weight excluding hydrogens is 432 g/mol. The van der Waals surface area contributed by atoms with Gasteiger partial charge in [-0.2, -0.15) is 0 Å². The second kappa shape index (κ2) is 9.12. The van der Waals surface area contributed by atoms with Crippen molar-refractivity contribution in [1.82, 2.24) is 10.2 Å². The Labute approximate surface area is 200 Å². The molecule has 0 radical (unpaired) electrons. The number of alkyl carbamates (subject to hydrolysis) is 1. The number of ether oxygens (including phenoxy) is 1. The lowest BCUT2D eigenvalue weighted by molar-refractivity contribution is -0.148. The third kappa shape index (κ3) is 4.52. The van der Waals surface area contributed by atoms with Crippen molar-refractivity contribution in [3.05, 3.63) is 59.7 Å². The standard InChI is InChI=1S/C27H32N2O5/c1-26(2,3)29(16-13-23(30)31)24(32)27(14-8-15-27)28-25(33)34-17-22-20-11-6-4-9-18(20)19-10-5-7-12-21(19)22/h4-7,9-12,22H,8,13-17H2,1-3H3,(H,28,33)(H,30,31). The van der Waals surface area contributed by atoms with Crippen LogP contribution in [0.25, 0.3) is 11.1 Å². The molecule has 2 aromatic carbocycles. The Kier molecular flexibility index (Phi) is 6.39. The Morgan fingerprint density at radius 1 is 1.03 bits per heavy atom. The zero-order valence-electron chi connectivity index (χ0n) is 20.0. The zero-order valence-corrected chi connectivity index (χ0v) is 20.0. The number of fused-ring (bicyclic) bond motifs is 3. The van der Waals surface area contributed by atoms with E-state index in [1.165, 1.54) is 0 Å². The van der Waals surface area contributed by atoms with E-state index in [0.29, 0.717) is 12.8 Å². The van der Waals surface area contributed by atoms with E-state index in [2.05, 4.69) is 29.6 Å². The van der Waals surface area contributed by atoms with Crippen LogP contribution < -0.4 is 5.32 Å². The van der Waals surface area contributed by atoms with E-state index in [9.17, 15) is 14.4 Å². The maximum Gasteiger partial charge on any atom is 0.408 e. The van der Waals surface area contributed by atoms with Crippen LogP contribution in [0.15, 0.2) is 48.5 Å². The summed E-state index contributed by atoms with van der Waals surface area (Å²) in [5.74, 6) is -1.27. The highest BCUT2D eigenvalue weighted by atomic mass is 16.5. The molecule has 0 aliphatic heterocycles. The van der Waals surface area contributed by atoms with E-state index in [4.69, 9.17) is 9.84 Å². The summed E-state index contributed by atoms with van der Waals surface area (Å²) in [5, 5.41) is 12.0. The minimum atomic E-state index is -1.05. The van der Waals surface area contributed by atoms with Crippen LogP contribution in [0.3, 0.4) is 0 Å². The topological polar surface area (TPSA) is 95.9 Å². The van der Waals surface area contributed by atoms with Gasteiger partial charge in [0.1, 0.15) is 12.1 Å². The van der Waals surface area contributed by atoms with Gasteiger partial charge in [-0.15, -0.1) is 0 Å². The molecule has 2 aliphatic rings. The summed E-state index contributed by atoms with van der Waals surface area (Å²) in [6.45, 7) is 5.86. The highest BCUT2D eigenvalue weighted by molar-refractivity contribution is 5.91. The first-order valence-corrected chi connectivity index (χ1v) is 11.8. The SMILES string of the molecule is CC(C)(C)N(CCC(=O)O)C(=O)C1(NC(=O)OCC2c3ccccc3-c3ccccc32)CCC1. The highest BCUT2D eigenvalue weighted by Crippen LogP contribution is 2.44. The largest absolute Gasteiger partial charge is 0.481 e. The summed E-state index contributed by atoms with van der Waals surface area (Å²) in [4.78, 5) is 39.1. The predicted molar refractivity (Wildman–Crippen MR) is 129 cm³/mol. The number of carboxylic acid groups (broad SMARTS) is 1. The number of carbonyl (C=O) groups excluding carboxylic acids is 2. The number of aliphatic carboxylic acids is 1. The molecular formula is C27H32N2O5. The summed E-state index contributed by atoms with van der Waals surface area (Å²) in [6, 6.07) is 16.2. The summed E-state index contributed by atoms with van der Waals surface area (Å²) < 4.78 is 5.67. The first-order valence-electron chi connectivity index (χ1n) is 11.8. The number of hydrogen-bond acceptors (Lipinski definition) is 4. The molecule has 0 spiro atoms. The number of nitrogens with zero attached hydrogens (tertiary/aromatic N) is 1. The first-order chi connectivity index (χ1) is 16.1. The molecule has 1 saturated carbocycles. The molecule has 0 heterocycles. The third-order valence-corrected chi connectivity index (χ3v) is 6.91. The van der Waals surface area contributed by atoms with Crippen molar-refractivity contribution in [2.24, 2.45) is 0 Å². The van der Waals surface area contributed by atoms with Gasteiger partial charge in [0, 0.05) is 18.0 Å². The number of carbonyl (C=O) groups is 3. The van der Waals surface area contributed by atoms with Gasteiger partial charge in [0.05, 0.1) is 6.42 Å². The molecule has 0 unspecified atom stereocenters. The fourth-order valence-electron chi connectivity index (χ4n) is 4.96. The van der Waals surface area contributed by atoms with Gasteiger partial charge in [-0.3, -0.25) is 9.59 Å². The van der Waals surface area contributed by atoms with Gasteiger partial charge in [-0.05, 0) is 62.3 Å². The molecule has 0 saturated heterocycles. The molecule has 1 fully saturated rings. The van der Waals surface area contributed by atoms with Gasteiger partial charge < -0.3 is 20.1 Å². The van der Waals surface area contributed by atoms with Gasteiger partial charge in [0.25, 0.3) is 0 Å². The molecule has 7 nitrogen and oxygen atoms in total. The monoisotopic (exact) mass is 464 g/mol. The van der Waals surface area contributed by atoms with Crippen molar-refractivity contribution in [3.63, 3.8) is 0 Å². The van der Waals surface area contributed by atoms with Crippen LogP contribution in [0, 0.1) is 0 Å². The molecule has 34 heavy (non-hydrogen) atoms. The number of carboxylic acids is 1. The second-order valence-corrected chi connectivity index (χ2v) is 10.2. The molecule has 0 aromatic heterocycles. The van der Waals surface area contributed by atoms with E-state index < -0.39 is 23.1 Å². The number of nitrogens with one attached hydrogen (secondary N) is 1. The molecule has 0 atom stereocenters. The first kappa shape index (κ1) is 23.8. The van der Waals surface area contributed by atoms with E-state index in [-0.39, 0.29) is 31.4 Å². The van der Waals surface area contributed by atoms with Crippen LogP contribution in [0.5, 0.6) is 0 Å². The average molecular weight is 465 g/mol. The molecule has 4 rings (SSSR count). The van der Waals surface area contributed by atoms with Crippen LogP contribution >= 0.6 is 0 Å². The van der Waals surface area contributed by atoms with Gasteiger partial charge >= 0.3 is 12.1 Å². The van der Waals surface area contributed by atoms with Crippen molar-refractivity contribution in [2.45, 2.75) is 63.5 Å². The Balaban J connectivity index is 1.46. The number of hydrogen-bond donors (Lipinski definition) is 2. The lowest BCUT2D eigenvalue weighted by Crippen LogP contribution is -2.66. The van der Waals surface area contributed by atoms with Crippen molar-refractivity contribution in [2.75, 3.05) is 13.2 Å². The maximum absolute atomic E-state index is 13.5. The lowest BCUT2D eigenvalue weighted by atomic mass is 9.75. The van der Waals surface area contributed by atoms with Crippen LogP contribution in [0.2, 0.25) is 0 Å². The third-order valence-electron chi connectivity index (χ3n) is 6.91. The fraction of sp³-hybridized carbons (Fsp3) is 0.444. The van der Waals surface area contributed by atoms with Crippen LogP contribution in [0.4, 0.5) is 4.79 Å². The lowest BCUT2D eigenvalue weighted by Gasteiger charge is -2.47. The van der Waals surface area contributed by atoms with Crippen molar-refractivity contribution in [1.29, 1.82) is 0 Å². The molecule has 2 amide bonds. The minimum Gasteiger partial charge on any atom is -0.481 e. The molecule has 0 bridgehead atoms. The highest BCUT2D eigenvalue weighted by Gasteiger charge is 2.50. The normalized spacial score (nSPS) is 16.1. The fourth-order valence-corrected chi connectivity index (χ4v) is 4.96. The van der Waals surface area contributed by atoms with Crippen molar-refractivity contribution >= 4 is 18.0 Å². The summed E-state index contributed by atoms with van der Waals surface area (Å²) in [7, 11) is 0. The average Bonchev–Trinajstić information content (AvgIpc) is 3.07. The van der Waals surface area contributed by atoms with Gasteiger partial charge in [-0.1, -0.05) is 48.5 Å². The Hall–Kier alpha value is -3.35. The van der Waals surface area contributed by atoms with Crippen LogP contribution in [0.1, 0.15) is 63.5 Å². The number of benzene rings is 2. The zero-order chi connectivity index (χ0) is 24.5. The summed E-state index contributed by atoms with van der Waals surface area (Å²) in [5.41, 5.74) is 2.93. The molecule has 2 N–H and O–H groups in total. The minimum absolute atomic E-state index is 0.0622. The maximum atomic E-state index is 13.5. The van der Waals surface area contributed by atoms with E-state index in [1.807, 2.05) is 45.0 Å². The molecule has 180 valence electrons. The summed E-state index contributed by atoms with van der Waals surface area (Å²) in [6.07, 6.45) is 1.06. The molecule has 2 aromatic rings. The Bertz CT molecular complexity index is 1050. The van der Waals surface area contributed by atoms with Crippen molar-refractivity contribution in [3.8, 4) is 11.1 Å². The summed E-state index contributed by atoms with van der Waals surface area (Å²) >= 11 is 0. The van der Waals surface area contributed by atoms with Gasteiger partial charge in [0.15, 0.2) is 0 Å². The molecule has 7 heteroatoms. The van der Waals surface area contributed by atoms with Gasteiger partial charge in [0.2, 0.25) is 5.91 Å². The van der Waals surface area contributed by atoms with E-state index >= 15 is 0 Å². The quantitative estimate of drug-likeness (QED) is 0.627. The predicted octanol–water partition coefficient (Wildman–Crippen LogP) is 4.55. The Morgan fingerprint density at radius 3 is 2.06 bits per heavy atom. The van der Waals surface area contributed by atoms with E-state index in [0.717, 1.165) is 28.7 Å². The van der Waals surface area contributed by atoms with Gasteiger partial charge in [-0.25, -0.2) is 4.79 Å².